The van der Waals surface area contributed by atoms with E-state index in [2.05, 4.69) is 10.1 Å². The maximum Gasteiger partial charge on any atom is 0.165 e. The Hall–Kier alpha value is -1.88. The van der Waals surface area contributed by atoms with Gasteiger partial charge in [0.15, 0.2) is 11.6 Å². The average Bonchev–Trinajstić information content (AvgIpc) is 2.94. The molecule has 118 valence electrons. The van der Waals surface area contributed by atoms with Crippen molar-refractivity contribution in [2.24, 2.45) is 0 Å². The van der Waals surface area contributed by atoms with Crippen LogP contribution in [0.3, 0.4) is 0 Å². The van der Waals surface area contributed by atoms with Gasteiger partial charge in [-0.15, -0.1) is 0 Å². The first-order valence-corrected chi connectivity index (χ1v) is 7.76. The molecule has 1 aromatic carbocycles. The molecule has 22 heavy (non-hydrogen) atoms. The highest BCUT2D eigenvalue weighted by Crippen LogP contribution is 2.21. The van der Waals surface area contributed by atoms with Crippen molar-refractivity contribution in [3.8, 4) is 5.75 Å². The van der Waals surface area contributed by atoms with Crippen molar-refractivity contribution in [3.63, 3.8) is 0 Å². The summed E-state index contributed by atoms with van der Waals surface area (Å²) in [6.07, 6.45) is 2.81. The first-order chi connectivity index (χ1) is 10.7. The number of piperidine rings is 1. The molecule has 2 aromatic rings. The van der Waals surface area contributed by atoms with Crippen LogP contribution >= 0.6 is 0 Å². The molecule has 3 rings (SSSR count). The third kappa shape index (κ3) is 3.85. The lowest BCUT2D eigenvalue weighted by Gasteiger charge is -2.31. The minimum absolute atomic E-state index is 0.0978. The van der Waals surface area contributed by atoms with E-state index in [9.17, 15) is 4.39 Å². The summed E-state index contributed by atoms with van der Waals surface area (Å²) in [7, 11) is 0. The van der Waals surface area contributed by atoms with Crippen molar-refractivity contribution in [1.29, 1.82) is 0 Å². The van der Waals surface area contributed by atoms with Gasteiger partial charge in [0.1, 0.15) is 11.9 Å². The fourth-order valence-corrected chi connectivity index (χ4v) is 2.77. The van der Waals surface area contributed by atoms with Crippen LogP contribution < -0.4 is 4.74 Å². The molecule has 1 saturated heterocycles. The van der Waals surface area contributed by atoms with Crippen molar-refractivity contribution < 1.29 is 13.7 Å². The molecular weight excluding hydrogens is 283 g/mol. The molecule has 1 aliphatic rings. The molecule has 0 atom stereocenters. The van der Waals surface area contributed by atoms with Crippen LogP contribution in [0.15, 0.2) is 34.9 Å². The Morgan fingerprint density at radius 1 is 1.32 bits per heavy atom. The Labute approximate surface area is 129 Å². The minimum atomic E-state index is -0.286. The van der Waals surface area contributed by atoms with Gasteiger partial charge in [-0.1, -0.05) is 17.3 Å². The van der Waals surface area contributed by atoms with E-state index in [1.54, 1.807) is 18.2 Å². The van der Waals surface area contributed by atoms with Gasteiger partial charge in [0.25, 0.3) is 0 Å². The maximum absolute atomic E-state index is 13.6. The van der Waals surface area contributed by atoms with Crippen LogP contribution in [-0.4, -0.2) is 35.8 Å². The Bertz CT molecular complexity index is 606. The van der Waals surface area contributed by atoms with Crippen molar-refractivity contribution in [1.82, 2.24) is 10.1 Å². The smallest absolute Gasteiger partial charge is 0.165 e. The number of rotatable bonds is 5. The number of halogens is 1. The second kappa shape index (κ2) is 6.92. The summed E-state index contributed by atoms with van der Waals surface area (Å²) >= 11 is 0. The third-order valence-corrected chi connectivity index (χ3v) is 4.02. The third-order valence-electron chi connectivity index (χ3n) is 4.02. The van der Waals surface area contributed by atoms with Crippen LogP contribution in [0.2, 0.25) is 0 Å². The molecule has 2 heterocycles. The summed E-state index contributed by atoms with van der Waals surface area (Å²) < 4.78 is 24.6. The number of aryl methyl sites for hydroxylation is 1. The van der Waals surface area contributed by atoms with E-state index in [1.165, 1.54) is 6.07 Å². The number of likely N-dealkylation sites (tertiary alicyclic amines) is 1. The van der Waals surface area contributed by atoms with Gasteiger partial charge in [0.2, 0.25) is 0 Å². The molecule has 0 radical (unpaired) electrons. The molecule has 0 aliphatic carbocycles. The quantitative estimate of drug-likeness (QED) is 0.850. The SMILES string of the molecule is Cc1cc(CCN2CCC(Oc3ccccc3F)CC2)on1. The molecule has 1 fully saturated rings. The lowest BCUT2D eigenvalue weighted by Crippen LogP contribution is -2.39. The van der Waals surface area contributed by atoms with Crippen LogP contribution in [0.4, 0.5) is 4.39 Å². The van der Waals surface area contributed by atoms with E-state index in [1.807, 2.05) is 13.0 Å². The molecule has 0 N–H and O–H groups in total. The molecule has 0 amide bonds. The lowest BCUT2D eigenvalue weighted by atomic mass is 10.1. The van der Waals surface area contributed by atoms with E-state index in [-0.39, 0.29) is 11.9 Å². The van der Waals surface area contributed by atoms with Gasteiger partial charge in [0.05, 0.1) is 5.69 Å². The first kappa shape index (κ1) is 15.0. The molecule has 0 saturated carbocycles. The largest absolute Gasteiger partial charge is 0.487 e. The zero-order chi connectivity index (χ0) is 15.4. The second-order valence-corrected chi connectivity index (χ2v) is 5.77. The number of hydrogen-bond acceptors (Lipinski definition) is 4. The highest BCUT2D eigenvalue weighted by Gasteiger charge is 2.21. The number of para-hydroxylation sites is 1. The Morgan fingerprint density at radius 2 is 2.09 bits per heavy atom. The Kier molecular flexibility index (Phi) is 4.73. The molecule has 1 aliphatic heterocycles. The Morgan fingerprint density at radius 3 is 2.77 bits per heavy atom. The highest BCUT2D eigenvalue weighted by atomic mass is 19.1. The predicted octanol–water partition coefficient (Wildman–Crippen LogP) is 3.21. The average molecular weight is 304 g/mol. The standard InChI is InChI=1S/C17H21FN2O2/c1-13-12-15(22-19-13)8-11-20-9-6-14(7-10-20)21-17-5-3-2-4-16(17)18/h2-5,12,14H,6-11H2,1H3. The molecule has 5 heteroatoms. The number of aromatic nitrogens is 1. The zero-order valence-electron chi connectivity index (χ0n) is 12.8. The fourth-order valence-electron chi connectivity index (χ4n) is 2.77. The second-order valence-electron chi connectivity index (χ2n) is 5.77. The van der Waals surface area contributed by atoms with Crippen LogP contribution in [0.1, 0.15) is 24.3 Å². The van der Waals surface area contributed by atoms with Crippen LogP contribution in [0.5, 0.6) is 5.75 Å². The van der Waals surface area contributed by atoms with Gasteiger partial charge in [-0.3, -0.25) is 0 Å². The van der Waals surface area contributed by atoms with Crippen LogP contribution in [0.25, 0.3) is 0 Å². The van der Waals surface area contributed by atoms with Gasteiger partial charge in [-0.05, 0) is 31.9 Å². The van der Waals surface area contributed by atoms with Crippen molar-refractivity contribution in [3.05, 3.63) is 47.6 Å². The molecule has 0 unspecified atom stereocenters. The monoisotopic (exact) mass is 304 g/mol. The van der Waals surface area contributed by atoms with Gasteiger partial charge in [-0.25, -0.2) is 4.39 Å². The topological polar surface area (TPSA) is 38.5 Å². The minimum Gasteiger partial charge on any atom is -0.487 e. The lowest BCUT2D eigenvalue weighted by molar-refractivity contribution is 0.0968. The number of hydrogen-bond donors (Lipinski definition) is 0. The predicted molar refractivity (Wildman–Crippen MR) is 81.4 cm³/mol. The van der Waals surface area contributed by atoms with Gasteiger partial charge >= 0.3 is 0 Å². The van der Waals surface area contributed by atoms with Crippen molar-refractivity contribution in [2.45, 2.75) is 32.3 Å². The number of benzene rings is 1. The van der Waals surface area contributed by atoms with E-state index in [4.69, 9.17) is 9.26 Å². The zero-order valence-corrected chi connectivity index (χ0v) is 12.8. The molecule has 4 nitrogen and oxygen atoms in total. The van der Waals surface area contributed by atoms with E-state index < -0.39 is 0 Å². The first-order valence-electron chi connectivity index (χ1n) is 7.76. The van der Waals surface area contributed by atoms with Crippen molar-refractivity contribution in [2.75, 3.05) is 19.6 Å². The summed E-state index contributed by atoms with van der Waals surface area (Å²) in [4.78, 5) is 2.39. The van der Waals surface area contributed by atoms with E-state index in [0.717, 1.165) is 50.4 Å². The van der Waals surface area contributed by atoms with Crippen LogP contribution in [-0.2, 0) is 6.42 Å². The molecule has 1 aromatic heterocycles. The summed E-state index contributed by atoms with van der Waals surface area (Å²) in [6.45, 7) is 4.82. The molecule has 0 spiro atoms. The Balaban J connectivity index is 1.43. The summed E-state index contributed by atoms with van der Waals surface area (Å²) in [5.74, 6) is 1.01. The van der Waals surface area contributed by atoms with Gasteiger partial charge in [-0.2, -0.15) is 0 Å². The summed E-state index contributed by atoms with van der Waals surface area (Å²) in [5.41, 5.74) is 0.923. The highest BCUT2D eigenvalue weighted by molar-refractivity contribution is 5.23. The fraction of sp³-hybridized carbons (Fsp3) is 0.471. The summed E-state index contributed by atoms with van der Waals surface area (Å²) in [6, 6.07) is 8.58. The normalized spacial score (nSPS) is 16.8. The van der Waals surface area contributed by atoms with Gasteiger partial charge < -0.3 is 14.2 Å². The maximum atomic E-state index is 13.6. The molecular formula is C17H21FN2O2. The van der Waals surface area contributed by atoms with E-state index in [0.29, 0.717) is 5.75 Å². The van der Waals surface area contributed by atoms with Gasteiger partial charge in [0, 0.05) is 32.1 Å². The number of nitrogens with zero attached hydrogens (tertiary/aromatic N) is 2. The molecule has 0 bridgehead atoms. The number of ether oxygens (including phenoxy) is 1. The van der Waals surface area contributed by atoms with Crippen molar-refractivity contribution >= 4 is 0 Å². The van der Waals surface area contributed by atoms with E-state index >= 15 is 0 Å². The van der Waals surface area contributed by atoms with Crippen LogP contribution in [0, 0.1) is 12.7 Å². The summed E-state index contributed by atoms with van der Waals surface area (Å²) in [5, 5.41) is 3.90.